The Morgan fingerprint density at radius 2 is 1.96 bits per heavy atom. The van der Waals surface area contributed by atoms with E-state index in [2.05, 4.69) is 4.98 Å². The fraction of sp³-hybridized carbons (Fsp3) is 0.0769. The highest BCUT2D eigenvalue weighted by molar-refractivity contribution is 6.46. The van der Waals surface area contributed by atoms with Crippen LogP contribution in [0.4, 0.5) is 5.69 Å². The summed E-state index contributed by atoms with van der Waals surface area (Å²) in [6, 6.07) is 2.83. The van der Waals surface area contributed by atoms with Gasteiger partial charge in [0.25, 0.3) is 11.8 Å². The summed E-state index contributed by atoms with van der Waals surface area (Å²) in [4.78, 5) is 38.7. The number of nitrogens with one attached hydrogen (secondary N) is 1. The van der Waals surface area contributed by atoms with Crippen LogP contribution in [0, 0.1) is 0 Å². The van der Waals surface area contributed by atoms with E-state index in [0.29, 0.717) is 0 Å². The number of hydrogen-bond donors (Lipinski definition) is 2. The number of hydrogen-bond acceptors (Lipinski definition) is 7. The summed E-state index contributed by atoms with van der Waals surface area (Å²) in [5.41, 5.74) is 5.01. The molecule has 2 aromatic heterocycles. The first-order valence-electron chi connectivity index (χ1n) is 6.16. The summed E-state index contributed by atoms with van der Waals surface area (Å²) in [6.45, 7) is -0.760. The maximum atomic E-state index is 11.9. The molecule has 0 saturated carbocycles. The number of imide groups is 1. The van der Waals surface area contributed by atoms with Crippen molar-refractivity contribution in [2.24, 2.45) is 0 Å². The van der Waals surface area contributed by atoms with Crippen molar-refractivity contribution in [2.45, 2.75) is 0 Å². The summed E-state index contributed by atoms with van der Waals surface area (Å²) >= 11 is 17.3. The maximum absolute atomic E-state index is 11.9. The second-order valence-electron chi connectivity index (χ2n) is 4.22. The van der Waals surface area contributed by atoms with E-state index in [1.165, 1.54) is 18.4 Å². The molecule has 0 bridgehead atoms. The van der Waals surface area contributed by atoms with Gasteiger partial charge in [-0.1, -0.05) is 34.8 Å². The first-order valence-corrected chi connectivity index (χ1v) is 7.29. The molecule has 11 heteroatoms. The SMILES string of the molecule is Nc1c(Cl)c(Cl)nc(C(=O)OCC(=O)NC(=O)c2ccco2)c1Cl. The normalized spacial score (nSPS) is 10.3. The van der Waals surface area contributed by atoms with Crippen LogP contribution in [0.2, 0.25) is 15.2 Å². The van der Waals surface area contributed by atoms with Crippen molar-refractivity contribution >= 4 is 58.3 Å². The van der Waals surface area contributed by atoms with Crippen molar-refractivity contribution in [1.82, 2.24) is 10.3 Å². The number of halogens is 3. The Balaban J connectivity index is 1.98. The van der Waals surface area contributed by atoms with Gasteiger partial charge < -0.3 is 14.9 Å². The molecule has 0 unspecified atom stereocenters. The van der Waals surface area contributed by atoms with E-state index in [9.17, 15) is 14.4 Å². The topological polar surface area (TPSA) is 125 Å². The van der Waals surface area contributed by atoms with E-state index in [4.69, 9.17) is 49.7 Å². The molecule has 2 aromatic rings. The number of amides is 2. The fourth-order valence-corrected chi connectivity index (χ4v) is 2.08. The first-order chi connectivity index (χ1) is 11.3. The molecular weight excluding hydrogens is 385 g/mol. The third-order valence-electron chi connectivity index (χ3n) is 2.60. The van der Waals surface area contributed by atoms with Crippen molar-refractivity contribution in [3.05, 3.63) is 45.0 Å². The first kappa shape index (κ1) is 18.1. The number of rotatable bonds is 4. The van der Waals surface area contributed by atoms with Gasteiger partial charge in [-0.05, 0) is 12.1 Å². The molecule has 0 fully saturated rings. The Kier molecular flexibility index (Phi) is 5.66. The van der Waals surface area contributed by atoms with Gasteiger partial charge in [-0.25, -0.2) is 9.78 Å². The molecule has 0 spiro atoms. The number of esters is 1. The van der Waals surface area contributed by atoms with Crippen molar-refractivity contribution in [3.8, 4) is 0 Å². The van der Waals surface area contributed by atoms with Crippen molar-refractivity contribution in [1.29, 1.82) is 0 Å². The lowest BCUT2D eigenvalue weighted by atomic mass is 10.3. The zero-order valence-corrected chi connectivity index (χ0v) is 13.9. The Morgan fingerprint density at radius 3 is 2.58 bits per heavy atom. The average molecular weight is 393 g/mol. The maximum Gasteiger partial charge on any atom is 0.359 e. The van der Waals surface area contributed by atoms with Crippen molar-refractivity contribution in [3.63, 3.8) is 0 Å². The van der Waals surface area contributed by atoms with Gasteiger partial charge in [-0.2, -0.15) is 0 Å². The molecule has 2 amide bonds. The fourth-order valence-electron chi connectivity index (χ4n) is 1.50. The van der Waals surface area contributed by atoms with Gasteiger partial charge in [-0.15, -0.1) is 0 Å². The van der Waals surface area contributed by atoms with Gasteiger partial charge in [-0.3, -0.25) is 14.9 Å². The molecule has 2 rings (SSSR count). The molecule has 0 aromatic carbocycles. The summed E-state index contributed by atoms with van der Waals surface area (Å²) in [6.07, 6.45) is 1.27. The van der Waals surface area contributed by atoms with Gasteiger partial charge in [0, 0.05) is 0 Å². The largest absolute Gasteiger partial charge is 0.459 e. The van der Waals surface area contributed by atoms with E-state index in [1.54, 1.807) is 0 Å². The summed E-state index contributed by atoms with van der Waals surface area (Å²) in [7, 11) is 0. The highest BCUT2D eigenvalue weighted by atomic mass is 35.5. The van der Waals surface area contributed by atoms with Crippen molar-refractivity contribution < 1.29 is 23.5 Å². The van der Waals surface area contributed by atoms with Crippen molar-refractivity contribution in [2.75, 3.05) is 12.3 Å². The molecule has 0 aliphatic rings. The third kappa shape index (κ3) is 3.97. The molecule has 0 atom stereocenters. The molecule has 0 aliphatic heterocycles. The molecule has 2 heterocycles. The van der Waals surface area contributed by atoms with Crippen LogP contribution in [0.1, 0.15) is 21.0 Å². The van der Waals surface area contributed by atoms with Crippen LogP contribution >= 0.6 is 34.8 Å². The molecule has 0 radical (unpaired) electrons. The zero-order valence-electron chi connectivity index (χ0n) is 11.6. The van der Waals surface area contributed by atoms with Crippen LogP contribution in [0.25, 0.3) is 0 Å². The van der Waals surface area contributed by atoms with Crippen LogP contribution in [0.5, 0.6) is 0 Å². The molecule has 0 saturated heterocycles. The predicted molar refractivity (Wildman–Crippen MR) is 85.1 cm³/mol. The Bertz CT molecular complexity index is 808. The van der Waals surface area contributed by atoms with Crippen LogP contribution < -0.4 is 11.1 Å². The number of carbonyl (C=O) groups is 3. The number of ether oxygens (including phenoxy) is 1. The van der Waals surface area contributed by atoms with Crippen LogP contribution in [0.3, 0.4) is 0 Å². The molecular formula is C13H8Cl3N3O5. The Labute approximate surface area is 149 Å². The van der Waals surface area contributed by atoms with Crippen LogP contribution in [-0.2, 0) is 9.53 Å². The highest BCUT2D eigenvalue weighted by Gasteiger charge is 2.22. The minimum absolute atomic E-state index is 0.0726. The standard InChI is InChI=1S/C13H8Cl3N3O5/c14-7-9(17)8(15)11(16)19-10(7)13(22)24-4-6(20)18-12(21)5-2-1-3-23-5/h1-3H,4H2,(H2,17,19)(H,18,20,21). The number of furan rings is 1. The molecule has 8 nitrogen and oxygen atoms in total. The second-order valence-corrected chi connectivity index (χ2v) is 5.34. The average Bonchev–Trinajstić information content (AvgIpc) is 3.08. The van der Waals surface area contributed by atoms with Gasteiger partial charge in [0.1, 0.15) is 5.02 Å². The van der Waals surface area contributed by atoms with Crippen LogP contribution in [-0.4, -0.2) is 29.4 Å². The van der Waals surface area contributed by atoms with Gasteiger partial charge in [0.15, 0.2) is 23.2 Å². The predicted octanol–water partition coefficient (Wildman–Crippen LogP) is 2.33. The number of aromatic nitrogens is 1. The van der Waals surface area contributed by atoms with E-state index in [0.717, 1.165) is 0 Å². The molecule has 126 valence electrons. The number of nitrogen functional groups attached to an aromatic ring is 1. The zero-order chi connectivity index (χ0) is 17.9. The minimum Gasteiger partial charge on any atom is -0.459 e. The third-order valence-corrected chi connectivity index (χ3v) is 3.73. The minimum atomic E-state index is -1.06. The smallest absolute Gasteiger partial charge is 0.359 e. The van der Waals surface area contributed by atoms with E-state index in [-0.39, 0.29) is 26.6 Å². The Morgan fingerprint density at radius 1 is 1.25 bits per heavy atom. The number of pyridine rings is 1. The lowest BCUT2D eigenvalue weighted by Crippen LogP contribution is -2.34. The lowest BCUT2D eigenvalue weighted by molar-refractivity contribution is -0.123. The second kappa shape index (κ2) is 7.52. The van der Waals surface area contributed by atoms with E-state index < -0.39 is 30.1 Å². The van der Waals surface area contributed by atoms with E-state index >= 15 is 0 Å². The van der Waals surface area contributed by atoms with Crippen LogP contribution in [0.15, 0.2) is 22.8 Å². The monoisotopic (exact) mass is 391 g/mol. The van der Waals surface area contributed by atoms with Gasteiger partial charge in [0.2, 0.25) is 0 Å². The molecule has 3 N–H and O–H groups in total. The van der Waals surface area contributed by atoms with E-state index in [1.807, 2.05) is 5.32 Å². The quantitative estimate of drug-likeness (QED) is 0.604. The number of carbonyl (C=O) groups excluding carboxylic acids is 3. The Hall–Kier alpha value is -2.29. The number of nitrogens with zero attached hydrogens (tertiary/aromatic N) is 1. The van der Waals surface area contributed by atoms with Gasteiger partial charge in [0.05, 0.1) is 17.0 Å². The van der Waals surface area contributed by atoms with Gasteiger partial charge >= 0.3 is 5.97 Å². The molecule has 24 heavy (non-hydrogen) atoms. The number of anilines is 1. The summed E-state index contributed by atoms with van der Waals surface area (Å²) < 4.78 is 9.50. The summed E-state index contributed by atoms with van der Waals surface area (Å²) in [5, 5.41) is 1.34. The lowest BCUT2D eigenvalue weighted by Gasteiger charge is -2.09. The highest BCUT2D eigenvalue weighted by Crippen LogP contribution is 2.34. The summed E-state index contributed by atoms with van der Waals surface area (Å²) in [5.74, 6) is -2.80. The molecule has 0 aliphatic carbocycles. The number of nitrogens with two attached hydrogens (primary N) is 1.